The van der Waals surface area contributed by atoms with Crippen LogP contribution in [0.2, 0.25) is 0 Å². The summed E-state index contributed by atoms with van der Waals surface area (Å²) in [5.41, 5.74) is 0.214. The first kappa shape index (κ1) is 16.0. The highest BCUT2D eigenvalue weighted by Crippen LogP contribution is 2.28. The maximum absolute atomic E-state index is 12.5. The number of carbonyl (C=O) groups is 2. The van der Waals surface area contributed by atoms with Crippen LogP contribution in [0, 0.1) is 6.92 Å². The molecule has 6 nitrogen and oxygen atoms in total. The van der Waals surface area contributed by atoms with E-state index >= 15 is 0 Å². The highest BCUT2D eigenvalue weighted by atomic mass is 79.9. The Morgan fingerprint density at radius 1 is 1.26 bits per heavy atom. The number of rotatable bonds is 3. The third-order valence-electron chi connectivity index (χ3n) is 4.10. The van der Waals surface area contributed by atoms with Crippen LogP contribution in [0.15, 0.2) is 27.1 Å². The molecule has 0 spiro atoms. The van der Waals surface area contributed by atoms with Gasteiger partial charge in [-0.1, -0.05) is 15.9 Å². The fourth-order valence-corrected chi connectivity index (χ4v) is 3.38. The van der Waals surface area contributed by atoms with Crippen molar-refractivity contribution in [1.29, 1.82) is 0 Å². The van der Waals surface area contributed by atoms with Gasteiger partial charge in [0.05, 0.1) is 0 Å². The van der Waals surface area contributed by atoms with E-state index in [1.54, 1.807) is 6.07 Å². The Morgan fingerprint density at radius 3 is 2.61 bits per heavy atom. The second kappa shape index (κ2) is 5.98. The summed E-state index contributed by atoms with van der Waals surface area (Å²) in [7, 11) is 0. The largest absolute Gasteiger partial charge is 0.480 e. The Morgan fingerprint density at radius 2 is 1.96 bits per heavy atom. The number of ether oxygens (including phenoxy) is 1. The lowest BCUT2D eigenvalue weighted by atomic mass is 9.90. The van der Waals surface area contributed by atoms with Gasteiger partial charge in [-0.2, -0.15) is 0 Å². The molecular weight excluding hydrogens is 366 g/mol. The lowest BCUT2D eigenvalue weighted by molar-refractivity contribution is -0.148. The molecule has 1 amide bonds. The van der Waals surface area contributed by atoms with Gasteiger partial charge < -0.3 is 19.6 Å². The number of benzene rings is 1. The molecule has 7 heteroatoms. The van der Waals surface area contributed by atoms with Crippen molar-refractivity contribution in [2.75, 3.05) is 13.2 Å². The number of nitrogens with one attached hydrogen (secondary N) is 1. The van der Waals surface area contributed by atoms with E-state index in [9.17, 15) is 14.7 Å². The quantitative estimate of drug-likeness (QED) is 0.852. The normalized spacial score (nSPS) is 17.1. The SMILES string of the molecule is Cc1cc(Br)cc2cc(C(=O)NC3(C(=O)O)CCOCC3)oc12. The summed E-state index contributed by atoms with van der Waals surface area (Å²) in [5.74, 6) is -1.47. The maximum Gasteiger partial charge on any atom is 0.329 e. The first-order valence-electron chi connectivity index (χ1n) is 7.25. The summed E-state index contributed by atoms with van der Waals surface area (Å²) in [6, 6.07) is 5.37. The molecule has 1 fully saturated rings. The van der Waals surface area contributed by atoms with E-state index in [1.807, 2.05) is 19.1 Å². The first-order valence-corrected chi connectivity index (χ1v) is 8.04. The van der Waals surface area contributed by atoms with Crippen LogP contribution < -0.4 is 5.32 Å². The fraction of sp³-hybridized carbons (Fsp3) is 0.375. The van der Waals surface area contributed by atoms with Gasteiger partial charge >= 0.3 is 5.97 Å². The van der Waals surface area contributed by atoms with Crippen molar-refractivity contribution in [3.8, 4) is 0 Å². The van der Waals surface area contributed by atoms with Gasteiger partial charge in [-0.3, -0.25) is 4.79 Å². The number of hydrogen-bond acceptors (Lipinski definition) is 4. The van der Waals surface area contributed by atoms with E-state index < -0.39 is 17.4 Å². The van der Waals surface area contributed by atoms with E-state index in [-0.39, 0.29) is 18.6 Å². The van der Waals surface area contributed by atoms with Gasteiger partial charge in [0, 0.05) is 35.9 Å². The molecule has 0 unspecified atom stereocenters. The summed E-state index contributed by atoms with van der Waals surface area (Å²) in [5, 5.41) is 12.9. The van der Waals surface area contributed by atoms with Crippen LogP contribution in [0.3, 0.4) is 0 Å². The zero-order valence-electron chi connectivity index (χ0n) is 12.5. The molecule has 2 aromatic rings. The number of hydrogen-bond donors (Lipinski definition) is 2. The Labute approximate surface area is 140 Å². The van der Waals surface area contributed by atoms with E-state index in [1.165, 1.54) is 0 Å². The van der Waals surface area contributed by atoms with Crippen molar-refractivity contribution in [2.24, 2.45) is 0 Å². The van der Waals surface area contributed by atoms with Gasteiger partial charge in [0.25, 0.3) is 5.91 Å². The number of carbonyl (C=O) groups excluding carboxylic acids is 1. The number of halogens is 1. The Balaban J connectivity index is 1.91. The Bertz CT molecular complexity index is 776. The first-order chi connectivity index (χ1) is 10.9. The number of aryl methyl sites for hydroxylation is 1. The molecule has 0 aliphatic carbocycles. The number of aliphatic carboxylic acids is 1. The standard InChI is InChI=1S/C16H16BrNO5/c1-9-6-11(17)7-10-8-12(23-13(9)10)14(19)18-16(15(20)21)2-4-22-5-3-16/h6-8H,2-5H2,1H3,(H,18,19)(H,20,21). The topological polar surface area (TPSA) is 88.8 Å². The smallest absolute Gasteiger partial charge is 0.329 e. The molecule has 2 heterocycles. The minimum atomic E-state index is -1.30. The Kier molecular flexibility index (Phi) is 4.16. The predicted molar refractivity (Wildman–Crippen MR) is 86.5 cm³/mol. The molecule has 0 saturated carbocycles. The minimum absolute atomic E-state index is 0.105. The van der Waals surface area contributed by atoms with Crippen LogP contribution in [-0.4, -0.2) is 35.7 Å². The van der Waals surface area contributed by atoms with Crippen LogP contribution in [0.25, 0.3) is 11.0 Å². The molecule has 23 heavy (non-hydrogen) atoms. The zero-order chi connectivity index (χ0) is 16.6. The number of carboxylic acids is 1. The average Bonchev–Trinajstić information content (AvgIpc) is 2.92. The van der Waals surface area contributed by atoms with Crippen molar-refractivity contribution in [3.05, 3.63) is 34.0 Å². The molecule has 0 bridgehead atoms. The lowest BCUT2D eigenvalue weighted by Crippen LogP contribution is -2.57. The fourth-order valence-electron chi connectivity index (χ4n) is 2.79. The molecule has 2 N–H and O–H groups in total. The monoisotopic (exact) mass is 381 g/mol. The second-order valence-electron chi connectivity index (χ2n) is 5.71. The van der Waals surface area contributed by atoms with Crippen molar-refractivity contribution in [2.45, 2.75) is 25.3 Å². The molecule has 1 aliphatic heterocycles. The number of amides is 1. The average molecular weight is 382 g/mol. The highest BCUT2D eigenvalue weighted by Gasteiger charge is 2.42. The van der Waals surface area contributed by atoms with Crippen molar-refractivity contribution in [3.63, 3.8) is 0 Å². The van der Waals surface area contributed by atoms with Crippen LogP contribution in [0.5, 0.6) is 0 Å². The lowest BCUT2D eigenvalue weighted by Gasteiger charge is -2.33. The van der Waals surface area contributed by atoms with Crippen molar-refractivity contribution >= 4 is 38.8 Å². The number of fused-ring (bicyclic) bond motifs is 1. The third kappa shape index (κ3) is 2.98. The molecule has 1 aromatic heterocycles. The summed E-state index contributed by atoms with van der Waals surface area (Å²) < 4.78 is 11.7. The summed E-state index contributed by atoms with van der Waals surface area (Å²) in [6.45, 7) is 2.49. The molecule has 1 aromatic carbocycles. The minimum Gasteiger partial charge on any atom is -0.480 e. The van der Waals surface area contributed by atoms with Crippen molar-refractivity contribution in [1.82, 2.24) is 5.32 Å². The predicted octanol–water partition coefficient (Wildman–Crippen LogP) is 2.87. The van der Waals surface area contributed by atoms with Crippen molar-refractivity contribution < 1.29 is 23.8 Å². The molecule has 122 valence electrons. The second-order valence-corrected chi connectivity index (χ2v) is 6.62. The number of carboxylic acid groups (broad SMARTS) is 1. The summed E-state index contributed by atoms with van der Waals surface area (Å²) in [6.07, 6.45) is 0.470. The van der Waals surface area contributed by atoms with Gasteiger partial charge in [-0.15, -0.1) is 0 Å². The van der Waals surface area contributed by atoms with Gasteiger partial charge in [0.15, 0.2) is 5.76 Å². The van der Waals surface area contributed by atoms with Gasteiger partial charge in [0.1, 0.15) is 11.1 Å². The number of furan rings is 1. The molecule has 0 radical (unpaired) electrons. The van der Waals surface area contributed by atoms with E-state index in [0.717, 1.165) is 15.4 Å². The molecular formula is C16H16BrNO5. The molecule has 1 saturated heterocycles. The maximum atomic E-state index is 12.5. The van der Waals surface area contributed by atoms with Gasteiger partial charge in [-0.05, 0) is 30.7 Å². The molecule has 0 atom stereocenters. The van der Waals surface area contributed by atoms with Gasteiger partial charge in [-0.25, -0.2) is 4.79 Å². The van der Waals surface area contributed by atoms with Crippen LogP contribution >= 0.6 is 15.9 Å². The van der Waals surface area contributed by atoms with Gasteiger partial charge in [0.2, 0.25) is 0 Å². The molecule has 3 rings (SSSR count). The zero-order valence-corrected chi connectivity index (χ0v) is 14.1. The third-order valence-corrected chi connectivity index (χ3v) is 4.56. The molecule has 1 aliphatic rings. The van der Waals surface area contributed by atoms with Crippen LogP contribution in [-0.2, 0) is 9.53 Å². The van der Waals surface area contributed by atoms with Crippen LogP contribution in [0.1, 0.15) is 29.0 Å². The summed E-state index contributed by atoms with van der Waals surface area (Å²) in [4.78, 5) is 24.1. The summed E-state index contributed by atoms with van der Waals surface area (Å²) >= 11 is 3.40. The van der Waals surface area contributed by atoms with E-state index in [0.29, 0.717) is 18.8 Å². The Hall–Kier alpha value is -1.86. The highest BCUT2D eigenvalue weighted by molar-refractivity contribution is 9.10. The van der Waals surface area contributed by atoms with E-state index in [4.69, 9.17) is 9.15 Å². The van der Waals surface area contributed by atoms with Crippen LogP contribution in [0.4, 0.5) is 0 Å². The van der Waals surface area contributed by atoms with E-state index in [2.05, 4.69) is 21.2 Å².